The summed E-state index contributed by atoms with van der Waals surface area (Å²) in [5.41, 5.74) is 12.2. The van der Waals surface area contributed by atoms with E-state index in [1.807, 2.05) is 12.1 Å². The summed E-state index contributed by atoms with van der Waals surface area (Å²) in [6.45, 7) is 0. The third kappa shape index (κ3) is 4.19. The first kappa shape index (κ1) is 30.3. The largest absolute Gasteiger partial charge is 0.438 e. The Labute approximate surface area is 317 Å². The Bertz CT molecular complexity index is 3150. The second kappa shape index (κ2) is 11.4. The Morgan fingerprint density at radius 3 is 1.95 bits per heavy atom. The fraction of sp³-hybridized carbons (Fsp3) is 0.0392. The lowest BCUT2D eigenvalue weighted by Gasteiger charge is -2.34. The molecule has 10 aromatic rings. The Hall–Kier alpha value is -7.17. The van der Waals surface area contributed by atoms with Gasteiger partial charge in [0.15, 0.2) is 0 Å². The molecule has 0 bridgehead atoms. The van der Waals surface area contributed by atoms with Crippen LogP contribution in [0.3, 0.4) is 0 Å². The van der Waals surface area contributed by atoms with E-state index in [2.05, 4.69) is 186 Å². The first-order valence-electron chi connectivity index (χ1n) is 18.9. The lowest BCUT2D eigenvalue weighted by molar-refractivity contribution is 0.549. The number of para-hydroxylation sites is 2. The Kier molecular flexibility index (Phi) is 6.29. The molecule has 0 saturated heterocycles. The van der Waals surface area contributed by atoms with Crippen LogP contribution in [0.1, 0.15) is 39.5 Å². The highest BCUT2D eigenvalue weighted by atomic mass is 16.3. The number of furan rings is 1. The molecule has 0 saturated carbocycles. The molecule has 258 valence electrons. The lowest BCUT2D eigenvalue weighted by atomic mass is 9.67. The van der Waals surface area contributed by atoms with Gasteiger partial charge in [-0.15, -0.1) is 0 Å². The quantitative estimate of drug-likeness (QED) is 0.198. The van der Waals surface area contributed by atoms with Gasteiger partial charge in [0.05, 0.1) is 22.0 Å². The number of aromatic nitrogens is 1. The van der Waals surface area contributed by atoms with Gasteiger partial charge in [0, 0.05) is 21.7 Å². The van der Waals surface area contributed by atoms with Gasteiger partial charge in [-0.1, -0.05) is 158 Å². The van der Waals surface area contributed by atoms with Crippen LogP contribution in [0.2, 0.25) is 0 Å². The van der Waals surface area contributed by atoms with E-state index in [-0.39, 0.29) is 6.17 Å². The van der Waals surface area contributed by atoms with Crippen LogP contribution in [0.15, 0.2) is 197 Å². The first-order valence-corrected chi connectivity index (χ1v) is 18.9. The summed E-state index contributed by atoms with van der Waals surface area (Å²) in [6.07, 6.45) is -0.289. The molecule has 1 aliphatic heterocycles. The molecule has 4 nitrogen and oxygen atoms in total. The smallest absolute Gasteiger partial charge is 0.229 e. The zero-order valence-corrected chi connectivity index (χ0v) is 29.8. The third-order valence-electron chi connectivity index (χ3n) is 11.9. The maximum Gasteiger partial charge on any atom is 0.229 e. The van der Waals surface area contributed by atoms with Gasteiger partial charge in [-0.3, -0.25) is 0 Å². The summed E-state index contributed by atoms with van der Waals surface area (Å²) >= 11 is 0. The van der Waals surface area contributed by atoms with Crippen LogP contribution in [-0.2, 0) is 5.41 Å². The van der Waals surface area contributed by atoms with E-state index in [1.54, 1.807) is 0 Å². The summed E-state index contributed by atoms with van der Waals surface area (Å²) in [7, 11) is 0. The van der Waals surface area contributed by atoms with E-state index in [9.17, 15) is 0 Å². The standard InChI is InChI=1S/C51H33N3O/c1-3-17-35(18-4-1)51(36-19-5-2-6-20-36)42-24-12-9-21-37(42)40-30-34(27-28-43(40)51)48-52-49(47-39-23-11-14-26-46(39)55-50(47)53-48)54-44-25-13-10-22-38(44)41-29-32-15-7-8-16-33(32)31-45(41)54/h1-31,49H,(H,52,53). The average molecular weight is 704 g/mol. The van der Waals surface area contributed by atoms with E-state index in [0.717, 1.165) is 39.0 Å². The van der Waals surface area contributed by atoms with E-state index in [1.165, 1.54) is 54.9 Å². The Balaban J connectivity index is 1.10. The molecular formula is C51H33N3O. The molecule has 2 aliphatic rings. The molecule has 4 heteroatoms. The highest BCUT2D eigenvalue weighted by Crippen LogP contribution is 2.56. The van der Waals surface area contributed by atoms with Crippen molar-refractivity contribution in [2.24, 2.45) is 4.99 Å². The fourth-order valence-corrected chi connectivity index (χ4v) is 9.64. The van der Waals surface area contributed by atoms with Gasteiger partial charge in [0.25, 0.3) is 0 Å². The molecule has 2 aromatic heterocycles. The second-order valence-corrected chi connectivity index (χ2v) is 14.7. The third-order valence-corrected chi connectivity index (χ3v) is 11.9. The zero-order chi connectivity index (χ0) is 36.1. The van der Waals surface area contributed by atoms with Crippen LogP contribution in [0.5, 0.6) is 0 Å². The first-order chi connectivity index (χ1) is 27.3. The Morgan fingerprint density at radius 2 is 1.15 bits per heavy atom. The van der Waals surface area contributed by atoms with Crippen LogP contribution >= 0.6 is 0 Å². The van der Waals surface area contributed by atoms with E-state index < -0.39 is 5.41 Å². The molecular weight excluding hydrogens is 671 g/mol. The van der Waals surface area contributed by atoms with Crippen molar-refractivity contribution < 1.29 is 4.42 Å². The molecule has 0 radical (unpaired) electrons. The minimum absolute atomic E-state index is 0.289. The average Bonchev–Trinajstić information content (AvgIpc) is 3.89. The van der Waals surface area contributed by atoms with Crippen molar-refractivity contribution in [2.45, 2.75) is 11.6 Å². The number of fused-ring (bicyclic) bond motifs is 10. The van der Waals surface area contributed by atoms with Crippen molar-refractivity contribution in [1.29, 1.82) is 0 Å². The molecule has 8 aromatic carbocycles. The monoisotopic (exact) mass is 703 g/mol. The van der Waals surface area contributed by atoms with E-state index in [4.69, 9.17) is 9.41 Å². The van der Waals surface area contributed by atoms with E-state index in [0.29, 0.717) is 5.88 Å². The van der Waals surface area contributed by atoms with Gasteiger partial charge in [-0.25, -0.2) is 0 Å². The van der Waals surface area contributed by atoms with Crippen LogP contribution < -0.4 is 5.32 Å². The summed E-state index contributed by atoms with van der Waals surface area (Å²) < 4.78 is 9.07. The molecule has 55 heavy (non-hydrogen) atoms. The van der Waals surface area contributed by atoms with Crippen molar-refractivity contribution >= 4 is 55.3 Å². The lowest BCUT2D eigenvalue weighted by Crippen LogP contribution is -2.36. The molecule has 1 N–H and O–H groups in total. The van der Waals surface area contributed by atoms with Crippen LogP contribution in [-0.4, -0.2) is 10.4 Å². The predicted molar refractivity (Wildman–Crippen MR) is 224 cm³/mol. The zero-order valence-electron chi connectivity index (χ0n) is 29.8. The molecule has 3 heterocycles. The molecule has 1 aliphatic carbocycles. The fourth-order valence-electron chi connectivity index (χ4n) is 9.64. The maximum absolute atomic E-state index is 6.62. The maximum atomic E-state index is 6.62. The van der Waals surface area contributed by atoms with Crippen molar-refractivity contribution in [2.75, 3.05) is 0 Å². The van der Waals surface area contributed by atoms with Crippen molar-refractivity contribution in [3.8, 4) is 11.1 Å². The summed E-state index contributed by atoms with van der Waals surface area (Å²) in [6, 6.07) is 68.0. The molecule has 0 amide bonds. The summed E-state index contributed by atoms with van der Waals surface area (Å²) in [5, 5.41) is 9.93. The number of nitrogens with one attached hydrogen (secondary N) is 1. The molecule has 0 spiro atoms. The number of amidine groups is 1. The molecule has 1 unspecified atom stereocenters. The van der Waals surface area contributed by atoms with Gasteiger partial charge in [0.1, 0.15) is 17.6 Å². The van der Waals surface area contributed by atoms with Gasteiger partial charge in [-0.05, 0) is 74.5 Å². The molecule has 1 atom stereocenters. The molecule has 12 rings (SSSR count). The number of hydrogen-bond acceptors (Lipinski definition) is 3. The van der Waals surface area contributed by atoms with Crippen LogP contribution in [0.4, 0.5) is 5.88 Å². The number of nitrogens with zero attached hydrogens (tertiary/aromatic N) is 2. The van der Waals surface area contributed by atoms with Gasteiger partial charge in [0.2, 0.25) is 5.88 Å². The van der Waals surface area contributed by atoms with Crippen LogP contribution in [0, 0.1) is 0 Å². The van der Waals surface area contributed by atoms with Crippen LogP contribution in [0.25, 0.3) is 54.7 Å². The second-order valence-electron chi connectivity index (χ2n) is 14.7. The van der Waals surface area contributed by atoms with Gasteiger partial charge >= 0.3 is 0 Å². The normalized spacial score (nSPS) is 15.5. The number of hydrogen-bond donors (Lipinski definition) is 1. The number of aliphatic imine (C=N–C) groups is 1. The molecule has 0 fully saturated rings. The summed E-state index contributed by atoms with van der Waals surface area (Å²) in [5.74, 6) is 1.41. The minimum atomic E-state index is -0.463. The topological polar surface area (TPSA) is 42.5 Å². The van der Waals surface area contributed by atoms with Crippen molar-refractivity contribution in [3.63, 3.8) is 0 Å². The number of benzene rings is 8. The van der Waals surface area contributed by atoms with E-state index >= 15 is 0 Å². The minimum Gasteiger partial charge on any atom is -0.438 e. The van der Waals surface area contributed by atoms with Crippen molar-refractivity contribution in [1.82, 2.24) is 9.88 Å². The highest BCUT2D eigenvalue weighted by Gasteiger charge is 2.46. The SMILES string of the molecule is c1ccc(C2(c3ccccc3)c3ccccc3-c3cc(C4=Nc5oc6ccccc6c5C(n5c6ccccc6c6cc7ccccc7cc65)N4)ccc32)cc1. The Morgan fingerprint density at radius 1 is 0.509 bits per heavy atom. The number of rotatable bonds is 4. The predicted octanol–water partition coefficient (Wildman–Crippen LogP) is 12.3. The van der Waals surface area contributed by atoms with Crippen molar-refractivity contribution in [3.05, 3.63) is 221 Å². The summed E-state index contributed by atoms with van der Waals surface area (Å²) in [4.78, 5) is 5.28. The van der Waals surface area contributed by atoms with Gasteiger partial charge < -0.3 is 14.3 Å². The van der Waals surface area contributed by atoms with Gasteiger partial charge in [-0.2, -0.15) is 4.99 Å². The highest BCUT2D eigenvalue weighted by molar-refractivity contribution is 6.13.